The van der Waals surface area contributed by atoms with Gasteiger partial charge in [-0.05, 0) is 32.4 Å². The lowest BCUT2D eigenvalue weighted by molar-refractivity contribution is -0.0876. The number of aryl methyl sites for hydroxylation is 1. The van der Waals surface area contributed by atoms with Gasteiger partial charge >= 0.3 is 6.03 Å². The predicted molar refractivity (Wildman–Crippen MR) is 82.8 cm³/mol. The van der Waals surface area contributed by atoms with E-state index in [0.717, 1.165) is 12.2 Å². The highest BCUT2D eigenvalue weighted by molar-refractivity contribution is 5.74. The summed E-state index contributed by atoms with van der Waals surface area (Å²) < 4.78 is 16.6. The highest BCUT2D eigenvalue weighted by Gasteiger charge is 2.33. The zero-order valence-corrected chi connectivity index (χ0v) is 13.8. The first-order valence-corrected chi connectivity index (χ1v) is 7.72. The second-order valence-corrected chi connectivity index (χ2v) is 5.98. The molecule has 1 N–H and O–H groups in total. The SMILES string of the molecule is CC[C@@]1(C)CN(C(=O)N[C@@H](COC)c2ccc(C)o2)CCO1. The molecule has 124 valence electrons. The van der Waals surface area contributed by atoms with Crippen molar-refractivity contribution in [1.82, 2.24) is 10.2 Å². The van der Waals surface area contributed by atoms with Gasteiger partial charge < -0.3 is 24.1 Å². The Kier molecular flexibility index (Phi) is 5.47. The van der Waals surface area contributed by atoms with Gasteiger partial charge in [0, 0.05) is 13.7 Å². The molecule has 0 unspecified atom stereocenters. The van der Waals surface area contributed by atoms with E-state index in [2.05, 4.69) is 12.2 Å². The molecule has 0 bridgehead atoms. The number of carbonyl (C=O) groups excluding carboxylic acids is 1. The zero-order valence-electron chi connectivity index (χ0n) is 13.8. The Morgan fingerprint density at radius 3 is 2.91 bits per heavy atom. The fraction of sp³-hybridized carbons (Fsp3) is 0.688. The number of hydrogen-bond acceptors (Lipinski definition) is 4. The lowest BCUT2D eigenvalue weighted by atomic mass is 10.0. The fourth-order valence-corrected chi connectivity index (χ4v) is 2.56. The van der Waals surface area contributed by atoms with Crippen molar-refractivity contribution in [2.45, 2.75) is 38.8 Å². The summed E-state index contributed by atoms with van der Waals surface area (Å²) in [6.07, 6.45) is 0.871. The predicted octanol–water partition coefficient (Wildman–Crippen LogP) is 2.49. The van der Waals surface area contributed by atoms with Gasteiger partial charge in [0.25, 0.3) is 0 Å². The lowest BCUT2D eigenvalue weighted by Gasteiger charge is -2.40. The molecule has 2 amide bonds. The third-order valence-corrected chi connectivity index (χ3v) is 4.11. The van der Waals surface area contributed by atoms with Gasteiger partial charge in [0.15, 0.2) is 0 Å². The molecule has 0 aliphatic carbocycles. The third kappa shape index (κ3) is 4.01. The summed E-state index contributed by atoms with van der Waals surface area (Å²) in [4.78, 5) is 14.3. The molecule has 1 saturated heterocycles. The number of urea groups is 1. The Bertz CT molecular complexity index is 502. The quantitative estimate of drug-likeness (QED) is 0.907. The van der Waals surface area contributed by atoms with Crippen molar-refractivity contribution in [2.24, 2.45) is 0 Å². The van der Waals surface area contributed by atoms with E-state index < -0.39 is 0 Å². The minimum atomic E-state index is -0.290. The molecule has 1 aliphatic rings. The van der Waals surface area contributed by atoms with E-state index in [0.29, 0.717) is 32.1 Å². The van der Waals surface area contributed by atoms with E-state index in [9.17, 15) is 4.79 Å². The van der Waals surface area contributed by atoms with Crippen LogP contribution in [0.1, 0.15) is 37.8 Å². The molecule has 0 radical (unpaired) electrons. The van der Waals surface area contributed by atoms with Crippen LogP contribution in [-0.2, 0) is 9.47 Å². The maximum Gasteiger partial charge on any atom is 0.318 e. The molecular formula is C16H26N2O4. The minimum absolute atomic E-state index is 0.112. The first-order chi connectivity index (χ1) is 10.5. The fourth-order valence-electron chi connectivity index (χ4n) is 2.56. The van der Waals surface area contributed by atoms with Crippen LogP contribution in [0.5, 0.6) is 0 Å². The molecule has 1 aromatic rings. The number of furan rings is 1. The number of rotatable bonds is 5. The lowest BCUT2D eigenvalue weighted by Crippen LogP contribution is -2.55. The third-order valence-electron chi connectivity index (χ3n) is 4.11. The Morgan fingerprint density at radius 2 is 2.32 bits per heavy atom. The molecule has 0 aromatic carbocycles. The average Bonchev–Trinajstić information content (AvgIpc) is 2.93. The first-order valence-electron chi connectivity index (χ1n) is 7.72. The van der Waals surface area contributed by atoms with Gasteiger partial charge in [-0.25, -0.2) is 4.79 Å². The maximum atomic E-state index is 12.5. The van der Waals surface area contributed by atoms with E-state index in [1.165, 1.54) is 0 Å². The molecule has 1 fully saturated rings. The molecule has 0 spiro atoms. The molecule has 1 aromatic heterocycles. The van der Waals surface area contributed by atoms with Crippen LogP contribution in [0.15, 0.2) is 16.5 Å². The standard InChI is InChI=1S/C16H26N2O4/c1-5-16(3)11-18(8-9-21-16)15(19)17-13(10-20-4)14-7-6-12(2)22-14/h6-7,13H,5,8-11H2,1-4H3,(H,17,19)/t13-,16-/m0/s1. The van der Waals surface area contributed by atoms with Gasteiger partial charge in [-0.15, -0.1) is 0 Å². The Hall–Kier alpha value is -1.53. The molecule has 1 aliphatic heterocycles. The summed E-state index contributed by atoms with van der Waals surface area (Å²) in [5, 5.41) is 2.99. The number of hydrogen-bond donors (Lipinski definition) is 1. The summed E-state index contributed by atoms with van der Waals surface area (Å²) in [5.41, 5.74) is -0.270. The largest absolute Gasteiger partial charge is 0.464 e. The van der Waals surface area contributed by atoms with E-state index >= 15 is 0 Å². The molecular weight excluding hydrogens is 284 g/mol. The van der Waals surface area contributed by atoms with Crippen LogP contribution in [0.25, 0.3) is 0 Å². The van der Waals surface area contributed by atoms with Crippen molar-refractivity contribution >= 4 is 6.03 Å². The van der Waals surface area contributed by atoms with Crippen LogP contribution in [0.3, 0.4) is 0 Å². The summed E-state index contributed by atoms with van der Waals surface area (Å²) in [6.45, 7) is 8.10. The van der Waals surface area contributed by atoms with Gasteiger partial charge in [-0.3, -0.25) is 0 Å². The van der Waals surface area contributed by atoms with Crippen molar-refractivity contribution in [3.05, 3.63) is 23.7 Å². The average molecular weight is 310 g/mol. The maximum absolute atomic E-state index is 12.5. The highest BCUT2D eigenvalue weighted by atomic mass is 16.5. The Morgan fingerprint density at radius 1 is 1.55 bits per heavy atom. The molecule has 6 nitrogen and oxygen atoms in total. The van der Waals surface area contributed by atoms with Gasteiger partial charge in [0.2, 0.25) is 0 Å². The first kappa shape index (κ1) is 16.8. The van der Waals surface area contributed by atoms with Gasteiger partial charge in [-0.2, -0.15) is 0 Å². The molecule has 22 heavy (non-hydrogen) atoms. The highest BCUT2D eigenvalue weighted by Crippen LogP contribution is 2.22. The topological polar surface area (TPSA) is 63.9 Å². The van der Waals surface area contributed by atoms with Crippen molar-refractivity contribution in [3.8, 4) is 0 Å². The second kappa shape index (κ2) is 7.15. The van der Waals surface area contributed by atoms with E-state index in [-0.39, 0.29) is 17.7 Å². The number of methoxy groups -OCH3 is 1. The normalized spacial score (nSPS) is 23.4. The van der Waals surface area contributed by atoms with Crippen LogP contribution in [0.2, 0.25) is 0 Å². The minimum Gasteiger partial charge on any atom is -0.464 e. The van der Waals surface area contributed by atoms with Crippen molar-refractivity contribution in [1.29, 1.82) is 0 Å². The van der Waals surface area contributed by atoms with Crippen molar-refractivity contribution < 1.29 is 18.7 Å². The van der Waals surface area contributed by atoms with Crippen LogP contribution >= 0.6 is 0 Å². The molecule has 2 heterocycles. The molecule has 2 atom stereocenters. The van der Waals surface area contributed by atoms with Gasteiger partial charge in [0.1, 0.15) is 17.6 Å². The van der Waals surface area contributed by atoms with Crippen LogP contribution < -0.4 is 5.32 Å². The summed E-state index contributed by atoms with van der Waals surface area (Å²) in [5.74, 6) is 1.52. The van der Waals surface area contributed by atoms with Crippen molar-refractivity contribution in [2.75, 3.05) is 33.4 Å². The Labute approximate surface area is 131 Å². The van der Waals surface area contributed by atoms with Crippen LogP contribution in [0.4, 0.5) is 4.79 Å². The van der Waals surface area contributed by atoms with E-state index in [1.54, 1.807) is 12.0 Å². The molecule has 6 heteroatoms. The molecule has 2 rings (SSSR count). The second-order valence-electron chi connectivity index (χ2n) is 5.98. The van der Waals surface area contributed by atoms with Crippen LogP contribution in [0, 0.1) is 6.92 Å². The smallest absolute Gasteiger partial charge is 0.318 e. The zero-order chi connectivity index (χ0) is 16.2. The van der Waals surface area contributed by atoms with E-state index in [1.807, 2.05) is 26.0 Å². The summed E-state index contributed by atoms with van der Waals surface area (Å²) in [7, 11) is 1.61. The molecule has 0 saturated carbocycles. The number of carbonyl (C=O) groups is 1. The number of amides is 2. The Balaban J connectivity index is 2.01. The van der Waals surface area contributed by atoms with Gasteiger partial charge in [0.05, 0.1) is 25.4 Å². The number of nitrogens with zero attached hydrogens (tertiary/aromatic N) is 1. The van der Waals surface area contributed by atoms with Gasteiger partial charge in [-0.1, -0.05) is 6.92 Å². The number of ether oxygens (including phenoxy) is 2. The van der Waals surface area contributed by atoms with Crippen LogP contribution in [-0.4, -0.2) is 49.9 Å². The summed E-state index contributed by atoms with van der Waals surface area (Å²) >= 11 is 0. The summed E-state index contributed by atoms with van der Waals surface area (Å²) in [6, 6.07) is 3.35. The number of morpholine rings is 1. The monoisotopic (exact) mass is 310 g/mol. The van der Waals surface area contributed by atoms with Crippen molar-refractivity contribution in [3.63, 3.8) is 0 Å². The van der Waals surface area contributed by atoms with E-state index in [4.69, 9.17) is 13.9 Å². The number of nitrogens with one attached hydrogen (secondary N) is 1.